The molecule has 0 amide bonds. The maximum atomic E-state index is 13.7. The van der Waals surface area contributed by atoms with Gasteiger partial charge in [0.2, 0.25) is 0 Å². The van der Waals surface area contributed by atoms with Gasteiger partial charge < -0.3 is 14.4 Å². The van der Waals surface area contributed by atoms with Crippen LogP contribution in [0.2, 0.25) is 0 Å². The molecule has 4 rings (SSSR count). The average molecular weight is 422 g/mol. The van der Waals surface area contributed by atoms with Gasteiger partial charge >= 0.3 is 0 Å². The fraction of sp³-hybridized carbons (Fsp3) is 0.440. The highest BCUT2D eigenvalue weighted by Crippen LogP contribution is 2.32. The number of ether oxygens (including phenoxy) is 2. The molecule has 3 heterocycles. The van der Waals surface area contributed by atoms with Gasteiger partial charge in [0.1, 0.15) is 5.82 Å². The average Bonchev–Trinajstić information content (AvgIpc) is 2.78. The topological polar surface area (TPSA) is 56.6 Å². The Morgan fingerprint density at radius 3 is 2.29 bits per heavy atom. The number of pyridine rings is 2. The zero-order valence-electron chi connectivity index (χ0n) is 19.1. The van der Waals surface area contributed by atoms with E-state index in [0.29, 0.717) is 16.9 Å². The van der Waals surface area contributed by atoms with E-state index in [1.54, 1.807) is 18.8 Å². The Labute approximate surface area is 183 Å². The fourth-order valence-electron chi connectivity index (χ4n) is 4.14. The summed E-state index contributed by atoms with van der Waals surface area (Å²) in [5.41, 5.74) is 1.56. The van der Waals surface area contributed by atoms with Gasteiger partial charge in [0.15, 0.2) is 11.5 Å². The Morgan fingerprint density at radius 2 is 1.65 bits per heavy atom. The molecule has 164 valence electrons. The first-order chi connectivity index (χ1) is 14.8. The lowest BCUT2D eigenvalue weighted by molar-refractivity contribution is 0.355. The zero-order valence-corrected chi connectivity index (χ0v) is 19.1. The van der Waals surface area contributed by atoms with Gasteiger partial charge in [-0.15, -0.1) is 0 Å². The fourth-order valence-corrected chi connectivity index (χ4v) is 4.14. The molecule has 0 atom stereocenters. The second kappa shape index (κ2) is 8.25. The molecular formula is C25H31N3O3. The van der Waals surface area contributed by atoms with Crippen molar-refractivity contribution in [3.05, 3.63) is 52.6 Å². The van der Waals surface area contributed by atoms with E-state index in [-0.39, 0.29) is 11.0 Å². The summed E-state index contributed by atoms with van der Waals surface area (Å²) in [6.45, 7) is 8.34. The van der Waals surface area contributed by atoms with Gasteiger partial charge in [0, 0.05) is 36.5 Å². The maximum absolute atomic E-state index is 13.7. The van der Waals surface area contributed by atoms with Crippen LogP contribution in [0.1, 0.15) is 45.7 Å². The van der Waals surface area contributed by atoms with Gasteiger partial charge in [-0.25, -0.2) is 4.98 Å². The van der Waals surface area contributed by atoms with E-state index in [1.807, 2.05) is 30.5 Å². The van der Waals surface area contributed by atoms with Crippen molar-refractivity contribution in [1.82, 2.24) is 9.55 Å². The van der Waals surface area contributed by atoms with Crippen LogP contribution in [0.4, 0.5) is 5.82 Å². The SMILES string of the molecule is COc1ccc(-n2ccc3cc(C(C)(C)C)nc(N4CCCCC4)c3c2=O)cc1OC. The number of hydrogen-bond acceptors (Lipinski definition) is 5. The molecule has 6 heteroatoms. The van der Waals surface area contributed by atoms with E-state index >= 15 is 0 Å². The van der Waals surface area contributed by atoms with Crippen molar-refractivity contribution < 1.29 is 9.47 Å². The number of methoxy groups -OCH3 is 2. The number of fused-ring (bicyclic) bond motifs is 1. The minimum absolute atomic E-state index is 0.0711. The van der Waals surface area contributed by atoms with Crippen LogP contribution in [0.5, 0.6) is 11.5 Å². The minimum Gasteiger partial charge on any atom is -0.493 e. The van der Waals surface area contributed by atoms with E-state index in [1.165, 1.54) is 6.42 Å². The first-order valence-electron chi connectivity index (χ1n) is 10.9. The van der Waals surface area contributed by atoms with E-state index in [0.717, 1.165) is 48.5 Å². The lowest BCUT2D eigenvalue weighted by Gasteiger charge is -2.30. The lowest BCUT2D eigenvalue weighted by Crippen LogP contribution is -2.33. The number of piperidine rings is 1. The van der Waals surface area contributed by atoms with Gasteiger partial charge in [-0.3, -0.25) is 9.36 Å². The molecular weight excluding hydrogens is 390 g/mol. The molecule has 0 N–H and O–H groups in total. The van der Waals surface area contributed by atoms with E-state index in [2.05, 4.69) is 31.7 Å². The van der Waals surface area contributed by atoms with Crippen LogP contribution in [0.25, 0.3) is 16.5 Å². The summed E-state index contributed by atoms with van der Waals surface area (Å²) in [4.78, 5) is 21.0. The second-order valence-corrected chi connectivity index (χ2v) is 9.12. The quantitative estimate of drug-likeness (QED) is 0.612. The summed E-state index contributed by atoms with van der Waals surface area (Å²) in [6.07, 6.45) is 5.31. The van der Waals surface area contributed by atoms with Gasteiger partial charge in [0.25, 0.3) is 5.56 Å². The number of benzene rings is 1. The summed E-state index contributed by atoms with van der Waals surface area (Å²) in [5.74, 6) is 2.02. The third-order valence-electron chi connectivity index (χ3n) is 5.94. The maximum Gasteiger partial charge on any atom is 0.266 e. The zero-order chi connectivity index (χ0) is 22.2. The summed E-state index contributed by atoms with van der Waals surface area (Å²) >= 11 is 0. The number of aromatic nitrogens is 2. The first-order valence-corrected chi connectivity index (χ1v) is 10.9. The Kier molecular flexibility index (Phi) is 5.65. The van der Waals surface area contributed by atoms with E-state index in [9.17, 15) is 4.79 Å². The smallest absolute Gasteiger partial charge is 0.266 e. The molecule has 3 aromatic rings. The minimum atomic E-state index is -0.100. The van der Waals surface area contributed by atoms with Crippen molar-refractivity contribution in [3.8, 4) is 17.2 Å². The standard InChI is InChI=1S/C25H31N3O3/c1-25(2,3)21-15-17-11-14-28(18-9-10-19(30-4)20(16-18)31-5)24(29)22(17)23(26-21)27-12-7-6-8-13-27/h9-11,14-16H,6-8,12-13H2,1-5H3. The van der Waals surface area contributed by atoms with Crippen LogP contribution in [0, 0.1) is 0 Å². The third kappa shape index (κ3) is 3.99. The number of rotatable bonds is 4. The van der Waals surface area contributed by atoms with Crippen LogP contribution in [-0.2, 0) is 5.41 Å². The molecule has 1 aliphatic heterocycles. The highest BCUT2D eigenvalue weighted by Gasteiger charge is 2.23. The summed E-state index contributed by atoms with van der Waals surface area (Å²) in [6, 6.07) is 9.58. The third-order valence-corrected chi connectivity index (χ3v) is 5.94. The van der Waals surface area contributed by atoms with Crippen molar-refractivity contribution >= 4 is 16.6 Å². The Balaban J connectivity index is 1.95. The molecule has 2 aromatic heterocycles. The monoisotopic (exact) mass is 421 g/mol. The predicted octanol–water partition coefficient (Wildman–Crippen LogP) is 4.69. The highest BCUT2D eigenvalue weighted by molar-refractivity contribution is 5.92. The van der Waals surface area contributed by atoms with Crippen LogP contribution < -0.4 is 19.9 Å². The molecule has 0 aliphatic carbocycles. The van der Waals surface area contributed by atoms with Gasteiger partial charge in [-0.1, -0.05) is 20.8 Å². The molecule has 1 fully saturated rings. The summed E-state index contributed by atoms with van der Waals surface area (Å²) < 4.78 is 12.4. The highest BCUT2D eigenvalue weighted by atomic mass is 16.5. The molecule has 1 aromatic carbocycles. The summed E-state index contributed by atoms with van der Waals surface area (Å²) in [7, 11) is 3.19. The van der Waals surface area contributed by atoms with Crippen LogP contribution >= 0.6 is 0 Å². The van der Waals surface area contributed by atoms with Crippen molar-refractivity contribution in [1.29, 1.82) is 0 Å². The van der Waals surface area contributed by atoms with Crippen molar-refractivity contribution in [2.75, 3.05) is 32.2 Å². The molecule has 31 heavy (non-hydrogen) atoms. The molecule has 1 saturated heterocycles. The van der Waals surface area contributed by atoms with Crippen LogP contribution in [0.15, 0.2) is 41.3 Å². The normalized spacial score (nSPS) is 14.7. The van der Waals surface area contributed by atoms with Crippen LogP contribution in [0.3, 0.4) is 0 Å². The number of hydrogen-bond donors (Lipinski definition) is 0. The first kappa shape index (κ1) is 21.2. The van der Waals surface area contributed by atoms with Gasteiger partial charge in [0.05, 0.1) is 25.3 Å². The molecule has 0 radical (unpaired) electrons. The van der Waals surface area contributed by atoms with Gasteiger partial charge in [-0.2, -0.15) is 0 Å². The Morgan fingerprint density at radius 1 is 0.935 bits per heavy atom. The Hall–Kier alpha value is -3.02. The summed E-state index contributed by atoms with van der Waals surface area (Å²) in [5, 5.41) is 1.61. The molecule has 0 unspecified atom stereocenters. The second-order valence-electron chi connectivity index (χ2n) is 9.12. The molecule has 0 bridgehead atoms. The Bertz CT molecular complexity index is 1160. The molecule has 6 nitrogen and oxygen atoms in total. The largest absolute Gasteiger partial charge is 0.493 e. The molecule has 0 saturated carbocycles. The van der Waals surface area contributed by atoms with E-state index in [4.69, 9.17) is 14.5 Å². The van der Waals surface area contributed by atoms with Gasteiger partial charge in [-0.05, 0) is 48.9 Å². The molecule has 0 spiro atoms. The van der Waals surface area contributed by atoms with Crippen LogP contribution in [-0.4, -0.2) is 36.9 Å². The number of anilines is 1. The van der Waals surface area contributed by atoms with Crippen molar-refractivity contribution in [3.63, 3.8) is 0 Å². The van der Waals surface area contributed by atoms with E-state index < -0.39 is 0 Å². The van der Waals surface area contributed by atoms with Crippen molar-refractivity contribution in [2.45, 2.75) is 45.4 Å². The lowest BCUT2D eigenvalue weighted by atomic mass is 9.90. The number of nitrogens with zero attached hydrogens (tertiary/aromatic N) is 3. The van der Waals surface area contributed by atoms with Crippen molar-refractivity contribution in [2.24, 2.45) is 0 Å². The predicted molar refractivity (Wildman–Crippen MR) is 125 cm³/mol. The molecule has 1 aliphatic rings.